The summed E-state index contributed by atoms with van der Waals surface area (Å²) in [7, 11) is -0.446. The van der Waals surface area contributed by atoms with Crippen LogP contribution in [-0.4, -0.2) is 5.11 Å². The van der Waals surface area contributed by atoms with Crippen molar-refractivity contribution in [2.75, 3.05) is 0 Å². The third kappa shape index (κ3) is 4.06. The molecule has 0 atom stereocenters. The van der Waals surface area contributed by atoms with Crippen LogP contribution in [0.4, 0.5) is 8.78 Å². The normalized spacial score (nSPS) is 11.4. The van der Waals surface area contributed by atoms with Crippen LogP contribution in [0, 0.1) is 18.8 Å². The average Bonchev–Trinajstić information content (AvgIpc) is 3.08. The van der Waals surface area contributed by atoms with Gasteiger partial charge in [-0.3, -0.25) is 0 Å². The van der Waals surface area contributed by atoms with Gasteiger partial charge >= 0.3 is 0 Å². The van der Waals surface area contributed by atoms with Gasteiger partial charge in [0.25, 0.3) is 0 Å². The fourth-order valence-electron chi connectivity index (χ4n) is 3.72. The topological polar surface area (TPSA) is 29.5 Å². The smallest absolute Gasteiger partial charge is 0.187 e. The van der Waals surface area contributed by atoms with Crippen molar-refractivity contribution in [3.05, 3.63) is 97.1 Å². The second kappa shape index (κ2) is 8.75. The molecule has 0 bridgehead atoms. The van der Waals surface area contributed by atoms with E-state index in [9.17, 15) is 13.9 Å². The van der Waals surface area contributed by atoms with E-state index in [1.54, 1.807) is 12.1 Å². The number of rotatable bonds is 4. The lowest BCUT2D eigenvalue weighted by Crippen LogP contribution is -1.97. The summed E-state index contributed by atoms with van der Waals surface area (Å²) in [4.78, 5) is 1.04. The van der Waals surface area contributed by atoms with Crippen LogP contribution in [0.15, 0.2) is 72.8 Å². The highest BCUT2D eigenvalue weighted by atomic mass is 127. The molecule has 0 fully saturated rings. The number of fused-ring (bicyclic) bond motifs is 3. The number of benzene rings is 4. The monoisotopic (exact) mass is 671 g/mol. The molecular weight excluding hydrogens is 656 g/mol. The molecule has 0 amide bonds. The maximum atomic E-state index is 13.9. The highest BCUT2D eigenvalue weighted by Gasteiger charge is 2.24. The third-order valence-electron chi connectivity index (χ3n) is 5.17. The number of hydrogen-bond acceptors (Lipinski definition) is 2. The fourth-order valence-corrected chi connectivity index (χ4v) is 8.02. The van der Waals surface area contributed by atoms with Crippen molar-refractivity contribution in [2.24, 2.45) is 0 Å². The maximum absolute atomic E-state index is 13.9. The molecule has 1 N–H and O–H groups in total. The Balaban J connectivity index is 1.50. The van der Waals surface area contributed by atoms with Crippen molar-refractivity contribution in [3.8, 4) is 16.4 Å². The van der Waals surface area contributed by atoms with E-state index in [1.807, 2.05) is 36.4 Å². The van der Waals surface area contributed by atoms with Gasteiger partial charge in [-0.25, -0.2) is 8.78 Å². The summed E-state index contributed by atoms with van der Waals surface area (Å²) in [6, 6.07) is 21.0. The first-order valence-corrected chi connectivity index (χ1v) is 13.0. The van der Waals surface area contributed by atoms with E-state index in [-0.39, 0.29) is 24.0 Å². The number of phenols is 1. The minimum atomic E-state index is -0.446. The standard InChI is InChI=1S/C25H14F2I2O2S/c26-15-1-7-23-20(10-15)21-11-16(27)2-8-24(21)32(23)19-5-3-18(4-6-19)31-13-14-9-17(28)12-22(29)25(14)30/h1-12H,13H2/p+1. The quantitative estimate of drug-likeness (QED) is 0.154. The molecule has 0 aliphatic carbocycles. The number of aromatic hydroxyl groups is 1. The van der Waals surface area contributed by atoms with Crippen LogP contribution >= 0.6 is 55.7 Å². The first kappa shape index (κ1) is 21.8. The molecule has 7 heteroatoms. The van der Waals surface area contributed by atoms with Crippen molar-refractivity contribution in [1.29, 1.82) is 0 Å². The molecular formula is C25H15F2I2O2S+. The second-order valence-corrected chi connectivity index (χ2v) is 11.6. The predicted molar refractivity (Wildman–Crippen MR) is 143 cm³/mol. The summed E-state index contributed by atoms with van der Waals surface area (Å²) in [5.41, 5.74) is 0.731. The van der Waals surface area contributed by atoms with Crippen molar-refractivity contribution < 1.29 is 18.6 Å². The molecule has 5 aromatic rings. The molecule has 4 aromatic carbocycles. The van der Waals surface area contributed by atoms with Crippen LogP contribution < -0.4 is 4.74 Å². The molecule has 0 aliphatic rings. The molecule has 0 saturated heterocycles. The lowest BCUT2D eigenvalue weighted by atomic mass is 10.1. The van der Waals surface area contributed by atoms with Gasteiger partial charge in [0.15, 0.2) is 14.3 Å². The van der Waals surface area contributed by atoms with Crippen LogP contribution in [0.25, 0.3) is 25.1 Å². The van der Waals surface area contributed by atoms with E-state index in [4.69, 9.17) is 4.74 Å². The van der Waals surface area contributed by atoms with Gasteiger partial charge in [-0.1, -0.05) is 0 Å². The van der Waals surface area contributed by atoms with Gasteiger partial charge in [-0.15, -0.1) is 0 Å². The second-order valence-electron chi connectivity index (χ2n) is 7.24. The largest absolute Gasteiger partial charge is 0.506 e. The number of thiophene rings is 1. The van der Waals surface area contributed by atoms with Crippen LogP contribution in [-0.2, 0) is 6.61 Å². The number of phenolic OH excluding ortho intramolecular Hbond substituents is 1. The van der Waals surface area contributed by atoms with E-state index < -0.39 is 10.5 Å². The maximum Gasteiger partial charge on any atom is 0.187 e. The van der Waals surface area contributed by atoms with Crippen LogP contribution in [0.2, 0.25) is 0 Å². The minimum Gasteiger partial charge on any atom is -0.506 e. The molecule has 0 aliphatic heterocycles. The zero-order chi connectivity index (χ0) is 22.4. The molecule has 5 rings (SSSR count). The van der Waals surface area contributed by atoms with Gasteiger partial charge in [0.1, 0.15) is 29.7 Å². The number of ether oxygens (including phenoxy) is 1. The summed E-state index contributed by atoms with van der Waals surface area (Å²) < 4.78 is 37.5. The summed E-state index contributed by atoms with van der Waals surface area (Å²) >= 11 is 4.32. The highest BCUT2D eigenvalue weighted by Crippen LogP contribution is 2.48. The Kier molecular flexibility index (Phi) is 5.98. The van der Waals surface area contributed by atoms with E-state index in [1.165, 1.54) is 24.3 Å². The Morgan fingerprint density at radius 1 is 0.781 bits per heavy atom. The van der Waals surface area contributed by atoms with E-state index >= 15 is 0 Å². The Morgan fingerprint density at radius 2 is 1.38 bits per heavy atom. The van der Waals surface area contributed by atoms with Crippen molar-refractivity contribution in [2.45, 2.75) is 6.61 Å². The predicted octanol–water partition coefficient (Wildman–Crippen LogP) is 8.50. The van der Waals surface area contributed by atoms with E-state index in [0.29, 0.717) is 5.75 Å². The molecule has 1 heterocycles. The average molecular weight is 671 g/mol. The zero-order valence-electron chi connectivity index (χ0n) is 16.4. The highest BCUT2D eigenvalue weighted by molar-refractivity contribution is 14.1. The lowest BCUT2D eigenvalue weighted by molar-refractivity contribution is 0.298. The van der Waals surface area contributed by atoms with Crippen LogP contribution in [0.3, 0.4) is 0 Å². The Bertz CT molecular complexity index is 1420. The SMILES string of the molecule is Oc1c(I)cc(I)cc1COc1ccc(-[s+]2c3ccc(F)cc3c3cc(F)ccc32)cc1. The Morgan fingerprint density at radius 3 is 1.97 bits per heavy atom. The van der Waals surface area contributed by atoms with Gasteiger partial charge < -0.3 is 9.84 Å². The van der Waals surface area contributed by atoms with Crippen molar-refractivity contribution in [3.63, 3.8) is 0 Å². The van der Waals surface area contributed by atoms with Crippen LogP contribution in [0.1, 0.15) is 5.56 Å². The molecule has 0 saturated carbocycles. The summed E-state index contributed by atoms with van der Waals surface area (Å²) in [6.45, 7) is 0.258. The van der Waals surface area contributed by atoms with Crippen molar-refractivity contribution in [1.82, 2.24) is 0 Å². The lowest BCUT2D eigenvalue weighted by Gasteiger charge is -2.09. The van der Waals surface area contributed by atoms with Gasteiger partial charge in [-0.2, -0.15) is 0 Å². The van der Waals surface area contributed by atoms with Crippen LogP contribution in [0.5, 0.6) is 11.5 Å². The van der Waals surface area contributed by atoms with Gasteiger partial charge in [-0.05, 0) is 93.7 Å². The summed E-state index contributed by atoms with van der Waals surface area (Å²) in [5, 5.41) is 11.8. The van der Waals surface area contributed by atoms with E-state index in [0.717, 1.165) is 37.8 Å². The minimum absolute atomic E-state index is 0.239. The first-order valence-electron chi connectivity index (χ1n) is 9.64. The molecule has 0 radical (unpaired) electrons. The zero-order valence-corrected chi connectivity index (χ0v) is 21.5. The fraction of sp³-hybridized carbons (Fsp3) is 0.0400. The molecule has 160 valence electrons. The first-order chi connectivity index (χ1) is 15.4. The molecule has 32 heavy (non-hydrogen) atoms. The number of halogens is 4. The van der Waals surface area contributed by atoms with E-state index in [2.05, 4.69) is 45.2 Å². The summed E-state index contributed by atoms with van der Waals surface area (Å²) in [6.07, 6.45) is 0. The van der Waals surface area contributed by atoms with Gasteiger partial charge in [0, 0.05) is 43.9 Å². The molecule has 1 aromatic heterocycles. The molecule has 0 unspecified atom stereocenters. The van der Waals surface area contributed by atoms with Crippen molar-refractivity contribution >= 4 is 75.8 Å². The molecule has 2 nitrogen and oxygen atoms in total. The summed E-state index contributed by atoms with van der Waals surface area (Å²) in [5.74, 6) is 0.259. The van der Waals surface area contributed by atoms with Gasteiger partial charge in [0.05, 0.1) is 14.3 Å². The Hall–Kier alpha value is -1.98. The van der Waals surface area contributed by atoms with Gasteiger partial charge in [0.2, 0.25) is 0 Å². The molecule has 0 spiro atoms. The third-order valence-corrected chi connectivity index (χ3v) is 8.95. The number of hydrogen-bond donors (Lipinski definition) is 1. The Labute approximate surface area is 213 Å².